The molecule has 18 heavy (non-hydrogen) atoms. The number of nitrogens with two attached hydrogens (primary N) is 1. The fourth-order valence-corrected chi connectivity index (χ4v) is 2.87. The number of benzene rings is 1. The molecule has 1 amide bonds. The maximum atomic E-state index is 11.6. The van der Waals surface area contributed by atoms with Crippen LogP contribution in [-0.4, -0.2) is 17.1 Å². The Hall–Kier alpha value is -1.35. The van der Waals surface area contributed by atoms with Crippen molar-refractivity contribution in [2.45, 2.75) is 38.2 Å². The highest BCUT2D eigenvalue weighted by Gasteiger charge is 2.30. The number of hydrogen-bond donors (Lipinski definition) is 2. The number of amides is 1. The first kappa shape index (κ1) is 13.1. The lowest BCUT2D eigenvalue weighted by molar-refractivity contribution is -0.124. The molecule has 1 aromatic carbocycles. The topological polar surface area (TPSA) is 63.3 Å². The summed E-state index contributed by atoms with van der Waals surface area (Å²) in [5, 5.41) is 9.52. The molecule has 0 spiro atoms. The molecule has 3 N–H and O–H groups in total. The van der Waals surface area contributed by atoms with E-state index in [-0.39, 0.29) is 17.9 Å². The van der Waals surface area contributed by atoms with Crippen molar-refractivity contribution in [3.8, 4) is 0 Å². The van der Waals surface area contributed by atoms with Gasteiger partial charge in [-0.3, -0.25) is 4.79 Å². The summed E-state index contributed by atoms with van der Waals surface area (Å²) in [4.78, 5) is 11.6. The predicted molar refractivity (Wildman–Crippen MR) is 70.8 cm³/mol. The quantitative estimate of drug-likeness (QED) is 0.853. The molecule has 0 bridgehead atoms. The van der Waals surface area contributed by atoms with Crippen molar-refractivity contribution >= 4 is 5.91 Å². The summed E-state index contributed by atoms with van der Waals surface area (Å²) in [5.41, 5.74) is 6.71. The van der Waals surface area contributed by atoms with Gasteiger partial charge in [-0.15, -0.1) is 0 Å². The third-order valence-electron chi connectivity index (χ3n) is 3.97. The number of rotatable bonds is 4. The van der Waals surface area contributed by atoms with Gasteiger partial charge in [0.15, 0.2) is 0 Å². The molecular formula is C15H21NO2. The Bertz CT molecular complexity index is 383. The minimum atomic E-state index is -0.208. The van der Waals surface area contributed by atoms with Gasteiger partial charge in [-0.05, 0) is 43.6 Å². The van der Waals surface area contributed by atoms with Crippen molar-refractivity contribution in [3.05, 3.63) is 35.9 Å². The zero-order valence-corrected chi connectivity index (χ0v) is 10.6. The highest BCUT2D eigenvalue weighted by atomic mass is 16.3. The minimum absolute atomic E-state index is 0.0973. The average Bonchev–Trinajstić information content (AvgIpc) is 2.38. The third-order valence-corrected chi connectivity index (χ3v) is 3.97. The number of aliphatic hydroxyl groups is 1. The third kappa shape index (κ3) is 3.33. The largest absolute Gasteiger partial charge is 0.393 e. The number of carbonyl (C=O) groups excluding carboxylic acids is 1. The van der Waals surface area contributed by atoms with E-state index >= 15 is 0 Å². The highest BCUT2D eigenvalue weighted by molar-refractivity contribution is 5.77. The van der Waals surface area contributed by atoms with Gasteiger partial charge >= 0.3 is 0 Å². The van der Waals surface area contributed by atoms with Gasteiger partial charge < -0.3 is 10.8 Å². The summed E-state index contributed by atoms with van der Waals surface area (Å²) in [6, 6.07) is 10.0. The predicted octanol–water partition coefficient (Wildman–Crippen LogP) is 1.88. The summed E-state index contributed by atoms with van der Waals surface area (Å²) < 4.78 is 0. The minimum Gasteiger partial charge on any atom is -0.393 e. The van der Waals surface area contributed by atoms with Crippen LogP contribution in [0.15, 0.2) is 30.3 Å². The summed E-state index contributed by atoms with van der Waals surface area (Å²) in [6.07, 6.45) is 3.93. The van der Waals surface area contributed by atoms with E-state index < -0.39 is 0 Å². The Balaban J connectivity index is 2.02. The smallest absolute Gasteiger partial charge is 0.221 e. The monoisotopic (exact) mass is 247 g/mol. The van der Waals surface area contributed by atoms with E-state index in [4.69, 9.17) is 5.73 Å². The van der Waals surface area contributed by atoms with Crippen molar-refractivity contribution in [1.29, 1.82) is 0 Å². The van der Waals surface area contributed by atoms with Crippen LogP contribution >= 0.6 is 0 Å². The van der Waals surface area contributed by atoms with Crippen LogP contribution in [-0.2, 0) is 11.2 Å². The van der Waals surface area contributed by atoms with Crippen LogP contribution in [0.2, 0.25) is 0 Å². The van der Waals surface area contributed by atoms with Crippen LogP contribution < -0.4 is 5.73 Å². The van der Waals surface area contributed by atoms with E-state index in [9.17, 15) is 9.90 Å². The summed E-state index contributed by atoms with van der Waals surface area (Å²) >= 11 is 0. The molecule has 1 aromatic rings. The molecule has 0 saturated heterocycles. The van der Waals surface area contributed by atoms with Crippen molar-refractivity contribution in [1.82, 2.24) is 0 Å². The van der Waals surface area contributed by atoms with Gasteiger partial charge in [0.1, 0.15) is 0 Å². The molecule has 3 nitrogen and oxygen atoms in total. The van der Waals surface area contributed by atoms with Crippen LogP contribution in [0.1, 0.15) is 31.2 Å². The summed E-state index contributed by atoms with van der Waals surface area (Å²) in [7, 11) is 0. The summed E-state index contributed by atoms with van der Waals surface area (Å²) in [5.74, 6) is 0.0197. The molecule has 1 fully saturated rings. The molecule has 1 saturated carbocycles. The molecular weight excluding hydrogens is 226 g/mol. The molecule has 1 aliphatic rings. The second-order valence-electron chi connectivity index (χ2n) is 5.27. The van der Waals surface area contributed by atoms with Gasteiger partial charge in [-0.25, -0.2) is 0 Å². The number of aliphatic hydroxyl groups excluding tert-OH is 1. The van der Waals surface area contributed by atoms with E-state index in [0.29, 0.717) is 5.92 Å². The van der Waals surface area contributed by atoms with Crippen molar-refractivity contribution in [2.24, 2.45) is 17.6 Å². The second kappa shape index (κ2) is 6.01. The first-order chi connectivity index (χ1) is 8.66. The van der Waals surface area contributed by atoms with Crippen LogP contribution in [0.5, 0.6) is 0 Å². The molecule has 0 radical (unpaired) electrons. The Morgan fingerprint density at radius 1 is 1.22 bits per heavy atom. The van der Waals surface area contributed by atoms with E-state index in [1.165, 1.54) is 0 Å². The van der Waals surface area contributed by atoms with Gasteiger partial charge in [0, 0.05) is 5.92 Å². The Morgan fingerprint density at radius 2 is 1.83 bits per heavy atom. The lowest BCUT2D eigenvalue weighted by atomic mass is 9.76. The van der Waals surface area contributed by atoms with E-state index in [1.807, 2.05) is 30.3 Å². The Labute approximate surface area is 108 Å². The van der Waals surface area contributed by atoms with Crippen LogP contribution in [0.4, 0.5) is 0 Å². The maximum Gasteiger partial charge on any atom is 0.221 e. The zero-order valence-electron chi connectivity index (χ0n) is 10.6. The standard InChI is InChI=1S/C15H21NO2/c16-15(18)14(10-11-4-2-1-3-5-11)12-6-8-13(17)9-7-12/h1-5,12-14,17H,6-10H2,(H2,16,18). The van der Waals surface area contributed by atoms with Crippen LogP contribution in [0.25, 0.3) is 0 Å². The van der Waals surface area contributed by atoms with Gasteiger partial charge in [0.05, 0.1) is 6.10 Å². The maximum absolute atomic E-state index is 11.6. The lowest BCUT2D eigenvalue weighted by Gasteiger charge is -2.30. The molecule has 1 aliphatic carbocycles. The van der Waals surface area contributed by atoms with Gasteiger partial charge in [-0.1, -0.05) is 30.3 Å². The van der Waals surface area contributed by atoms with Gasteiger partial charge in [0.2, 0.25) is 5.91 Å². The Kier molecular flexibility index (Phi) is 4.37. The highest BCUT2D eigenvalue weighted by Crippen LogP contribution is 2.32. The first-order valence-electron chi connectivity index (χ1n) is 6.68. The fourth-order valence-electron chi connectivity index (χ4n) is 2.87. The molecule has 2 rings (SSSR count). The number of primary amides is 1. The fraction of sp³-hybridized carbons (Fsp3) is 0.533. The van der Waals surface area contributed by atoms with E-state index in [0.717, 1.165) is 37.7 Å². The molecule has 1 atom stereocenters. The lowest BCUT2D eigenvalue weighted by Crippen LogP contribution is -2.34. The average molecular weight is 247 g/mol. The Morgan fingerprint density at radius 3 is 2.39 bits per heavy atom. The SMILES string of the molecule is NC(=O)C(Cc1ccccc1)C1CCC(O)CC1. The van der Waals surface area contributed by atoms with Crippen LogP contribution in [0.3, 0.4) is 0 Å². The van der Waals surface area contributed by atoms with Crippen molar-refractivity contribution in [2.75, 3.05) is 0 Å². The molecule has 1 unspecified atom stereocenters. The van der Waals surface area contributed by atoms with Gasteiger partial charge in [-0.2, -0.15) is 0 Å². The van der Waals surface area contributed by atoms with E-state index in [2.05, 4.69) is 0 Å². The number of carbonyl (C=O) groups is 1. The molecule has 0 aromatic heterocycles. The number of hydrogen-bond acceptors (Lipinski definition) is 2. The van der Waals surface area contributed by atoms with E-state index in [1.54, 1.807) is 0 Å². The normalized spacial score (nSPS) is 25.6. The molecule has 0 aliphatic heterocycles. The van der Waals surface area contributed by atoms with Crippen molar-refractivity contribution in [3.63, 3.8) is 0 Å². The van der Waals surface area contributed by atoms with Gasteiger partial charge in [0.25, 0.3) is 0 Å². The van der Waals surface area contributed by atoms with Crippen LogP contribution in [0, 0.1) is 11.8 Å². The summed E-state index contributed by atoms with van der Waals surface area (Å²) in [6.45, 7) is 0. The molecule has 0 heterocycles. The second-order valence-corrected chi connectivity index (χ2v) is 5.27. The molecule has 3 heteroatoms. The van der Waals surface area contributed by atoms with Crippen molar-refractivity contribution < 1.29 is 9.90 Å². The zero-order chi connectivity index (χ0) is 13.0. The first-order valence-corrected chi connectivity index (χ1v) is 6.68. The molecule has 98 valence electrons.